The molecule has 3 unspecified atom stereocenters. The van der Waals surface area contributed by atoms with Crippen LogP contribution < -0.4 is 5.32 Å². The van der Waals surface area contributed by atoms with Crippen LogP contribution in [0.4, 0.5) is 0 Å². The van der Waals surface area contributed by atoms with Crippen LogP contribution >= 0.6 is 7.82 Å². The van der Waals surface area contributed by atoms with Crippen molar-refractivity contribution in [3.05, 3.63) is 12.2 Å². The number of quaternary nitrogens is 1. The average Bonchev–Trinajstić information content (AvgIpc) is 3.42. The van der Waals surface area contributed by atoms with E-state index in [1.54, 1.807) is 0 Å². The summed E-state index contributed by atoms with van der Waals surface area (Å²) >= 11 is 0. The van der Waals surface area contributed by atoms with Crippen LogP contribution in [-0.2, 0) is 18.4 Å². The monoisotopic (exact) mass is 1140 g/mol. The van der Waals surface area contributed by atoms with Crippen LogP contribution in [0.25, 0.3) is 0 Å². The van der Waals surface area contributed by atoms with E-state index in [9.17, 15) is 19.4 Å². The summed E-state index contributed by atoms with van der Waals surface area (Å²) in [5.41, 5.74) is 0. The molecule has 1 amide bonds. The fourth-order valence-electron chi connectivity index (χ4n) is 11.2. The SMILES string of the molecule is CCCCCCCCCCCCCCCCCC/C=C\CCCCCCCCCCCCCCCCCCCC(=O)NC(COP(=O)(O)OCC[N+](C)(C)C)C(O)CCCCCCCCCCCCCCCCCCCCCC. The Morgan fingerprint density at radius 2 is 0.684 bits per heavy atom. The number of unbranched alkanes of at least 4 members (excludes halogenated alkanes) is 52. The van der Waals surface area contributed by atoms with Crippen LogP contribution in [0.15, 0.2) is 12.2 Å². The van der Waals surface area contributed by atoms with Gasteiger partial charge in [0.1, 0.15) is 13.2 Å². The molecule has 0 bridgehead atoms. The third kappa shape index (κ3) is 64.7. The van der Waals surface area contributed by atoms with E-state index in [2.05, 4.69) is 31.3 Å². The maximum absolute atomic E-state index is 13.1. The fraction of sp³-hybridized carbons (Fsp3) is 0.957. The molecule has 9 heteroatoms. The van der Waals surface area contributed by atoms with Crippen molar-refractivity contribution in [2.45, 2.75) is 392 Å². The molecule has 0 aromatic heterocycles. The van der Waals surface area contributed by atoms with Gasteiger partial charge in [-0.1, -0.05) is 347 Å². The predicted molar refractivity (Wildman–Crippen MR) is 346 cm³/mol. The molecule has 0 aliphatic heterocycles. The molecular weight excluding hydrogens is 996 g/mol. The van der Waals surface area contributed by atoms with E-state index in [4.69, 9.17) is 9.05 Å². The Balaban J connectivity index is 3.91. The molecule has 0 spiro atoms. The molecule has 79 heavy (non-hydrogen) atoms. The van der Waals surface area contributed by atoms with Gasteiger partial charge in [0.25, 0.3) is 0 Å². The minimum atomic E-state index is -4.32. The van der Waals surface area contributed by atoms with Gasteiger partial charge in [0, 0.05) is 6.42 Å². The number of aliphatic hydroxyl groups is 1. The molecule has 0 fully saturated rings. The van der Waals surface area contributed by atoms with Gasteiger partial charge in [-0.25, -0.2) is 4.57 Å². The van der Waals surface area contributed by atoms with Crippen molar-refractivity contribution in [1.82, 2.24) is 5.32 Å². The third-order valence-corrected chi connectivity index (χ3v) is 17.7. The second-order valence-electron chi connectivity index (χ2n) is 26.0. The van der Waals surface area contributed by atoms with E-state index < -0.39 is 20.0 Å². The van der Waals surface area contributed by atoms with Gasteiger partial charge in [0.15, 0.2) is 0 Å². The van der Waals surface area contributed by atoms with Gasteiger partial charge in [-0.05, 0) is 38.5 Å². The van der Waals surface area contributed by atoms with Crippen LogP contribution in [-0.4, -0.2) is 73.4 Å². The zero-order valence-corrected chi connectivity index (χ0v) is 55.1. The number of allylic oxidation sites excluding steroid dienone is 2. The lowest BCUT2D eigenvalue weighted by Crippen LogP contribution is -2.46. The quantitative estimate of drug-likeness (QED) is 0.0243. The van der Waals surface area contributed by atoms with Gasteiger partial charge in [0.05, 0.1) is 39.9 Å². The summed E-state index contributed by atoms with van der Waals surface area (Å²) in [5.74, 6) is -0.135. The second-order valence-corrected chi connectivity index (χ2v) is 27.4. The Kier molecular flexibility index (Phi) is 61.2. The lowest BCUT2D eigenvalue weighted by atomic mass is 10.0. The zero-order valence-electron chi connectivity index (χ0n) is 54.2. The van der Waals surface area contributed by atoms with E-state index in [1.807, 2.05) is 21.1 Å². The molecule has 0 radical (unpaired) electrons. The molecule has 3 atom stereocenters. The standard InChI is InChI=1S/C70H141N2O6P/c1-6-8-10-12-14-16-18-20-22-24-26-28-29-30-31-32-33-34-35-36-37-38-39-40-41-42-43-44-46-48-50-52-54-56-58-60-62-64-70(74)71-68(67-78-79(75,76)77-66-65-72(3,4)5)69(73)63-61-59-57-55-53-51-49-47-45-27-25-23-21-19-17-15-13-11-9-7-2/h34-35,68-69,73H,6-33,36-67H2,1-5H3,(H-,71,74,75,76)/p+1/b35-34-. The number of phosphoric acid groups is 1. The number of aliphatic hydroxyl groups excluding tert-OH is 1. The minimum Gasteiger partial charge on any atom is -0.391 e. The summed E-state index contributed by atoms with van der Waals surface area (Å²) in [4.78, 5) is 23.4. The first-order valence-corrected chi connectivity index (χ1v) is 37.0. The van der Waals surface area contributed by atoms with Crippen molar-refractivity contribution in [1.29, 1.82) is 0 Å². The van der Waals surface area contributed by atoms with E-state index in [1.165, 1.54) is 315 Å². The summed E-state index contributed by atoms with van der Waals surface area (Å²) in [6.45, 7) is 4.96. The number of hydrogen-bond donors (Lipinski definition) is 3. The first kappa shape index (κ1) is 78.2. The number of likely N-dealkylation sites (N-methyl/N-ethyl adjacent to an activating group) is 1. The first-order chi connectivity index (χ1) is 38.5. The van der Waals surface area contributed by atoms with Crippen molar-refractivity contribution in [2.75, 3.05) is 40.9 Å². The van der Waals surface area contributed by atoms with Gasteiger partial charge in [0.2, 0.25) is 5.91 Å². The zero-order chi connectivity index (χ0) is 57.7. The van der Waals surface area contributed by atoms with Crippen LogP contribution in [0.1, 0.15) is 380 Å². The average molecular weight is 1140 g/mol. The lowest BCUT2D eigenvalue weighted by Gasteiger charge is -2.26. The summed E-state index contributed by atoms with van der Waals surface area (Å²) < 4.78 is 23.9. The van der Waals surface area contributed by atoms with E-state index in [-0.39, 0.29) is 19.1 Å². The number of nitrogens with one attached hydrogen (secondary N) is 1. The molecule has 3 N–H and O–H groups in total. The predicted octanol–water partition coefficient (Wildman–Crippen LogP) is 22.5. The molecule has 8 nitrogen and oxygen atoms in total. The Morgan fingerprint density at radius 3 is 0.975 bits per heavy atom. The number of nitrogens with zero attached hydrogens (tertiary/aromatic N) is 1. The van der Waals surface area contributed by atoms with Gasteiger partial charge in [-0.15, -0.1) is 0 Å². The highest BCUT2D eigenvalue weighted by Crippen LogP contribution is 2.43. The van der Waals surface area contributed by atoms with E-state index in [0.717, 1.165) is 38.5 Å². The topological polar surface area (TPSA) is 105 Å². The summed E-state index contributed by atoms with van der Waals surface area (Å²) in [5, 5.41) is 14.1. The van der Waals surface area contributed by atoms with Crippen LogP contribution in [0.5, 0.6) is 0 Å². The van der Waals surface area contributed by atoms with Crippen molar-refractivity contribution < 1.29 is 32.9 Å². The van der Waals surface area contributed by atoms with Gasteiger partial charge in [-0.3, -0.25) is 13.8 Å². The highest BCUT2D eigenvalue weighted by atomic mass is 31.2. The first-order valence-electron chi connectivity index (χ1n) is 35.6. The third-order valence-electron chi connectivity index (χ3n) is 16.8. The molecule has 0 heterocycles. The fourth-order valence-corrected chi connectivity index (χ4v) is 12.0. The summed E-state index contributed by atoms with van der Waals surface area (Å²) in [7, 11) is 1.64. The normalized spacial score (nSPS) is 13.7. The van der Waals surface area contributed by atoms with E-state index in [0.29, 0.717) is 23.9 Å². The molecule has 0 aliphatic rings. The molecule has 0 rings (SSSR count). The molecule has 472 valence electrons. The number of phosphoric ester groups is 1. The maximum atomic E-state index is 13.1. The van der Waals surface area contributed by atoms with Gasteiger partial charge in [-0.2, -0.15) is 0 Å². The van der Waals surface area contributed by atoms with Gasteiger partial charge >= 0.3 is 7.82 Å². The van der Waals surface area contributed by atoms with E-state index >= 15 is 0 Å². The Morgan fingerprint density at radius 1 is 0.418 bits per heavy atom. The van der Waals surface area contributed by atoms with Gasteiger partial charge < -0.3 is 19.8 Å². The van der Waals surface area contributed by atoms with Crippen molar-refractivity contribution in [2.24, 2.45) is 0 Å². The van der Waals surface area contributed by atoms with Crippen molar-refractivity contribution >= 4 is 13.7 Å². The minimum absolute atomic E-state index is 0.0782. The largest absolute Gasteiger partial charge is 0.472 e. The summed E-state index contributed by atoms with van der Waals surface area (Å²) in [6.07, 6.45) is 79.0. The molecule has 0 saturated carbocycles. The van der Waals surface area contributed by atoms with Crippen LogP contribution in [0.2, 0.25) is 0 Å². The smallest absolute Gasteiger partial charge is 0.391 e. The highest BCUT2D eigenvalue weighted by molar-refractivity contribution is 7.47. The van der Waals surface area contributed by atoms with Crippen molar-refractivity contribution in [3.8, 4) is 0 Å². The molecule has 0 aliphatic carbocycles. The number of carbonyl (C=O) groups excluding carboxylic acids is 1. The number of hydrogen-bond acceptors (Lipinski definition) is 5. The number of amides is 1. The Hall–Kier alpha value is -0.760. The Labute approximate surface area is 494 Å². The number of rotatable bonds is 67. The van der Waals surface area contributed by atoms with Crippen LogP contribution in [0.3, 0.4) is 0 Å². The molecule has 0 saturated heterocycles. The molecular formula is C70H142N2O6P+. The summed E-state index contributed by atoms with van der Waals surface area (Å²) in [6, 6.07) is -0.758. The van der Waals surface area contributed by atoms with Crippen molar-refractivity contribution in [3.63, 3.8) is 0 Å². The lowest BCUT2D eigenvalue weighted by molar-refractivity contribution is -0.870. The van der Waals surface area contributed by atoms with Crippen LogP contribution in [0, 0.1) is 0 Å². The number of carbonyl (C=O) groups is 1. The maximum Gasteiger partial charge on any atom is 0.472 e. The molecule has 0 aromatic rings. The second kappa shape index (κ2) is 61.8. The molecule has 0 aromatic carbocycles. The Bertz CT molecular complexity index is 1290. The highest BCUT2D eigenvalue weighted by Gasteiger charge is 2.28.